The zero-order valence-electron chi connectivity index (χ0n) is 23.9. The predicted octanol–water partition coefficient (Wildman–Crippen LogP) is 6.52. The third-order valence-electron chi connectivity index (χ3n) is 6.69. The van der Waals surface area contributed by atoms with Gasteiger partial charge in [0.2, 0.25) is 0 Å². The number of anilines is 1. The Bertz CT molecular complexity index is 1660. The molecule has 1 N–H and O–H groups in total. The van der Waals surface area contributed by atoms with Gasteiger partial charge in [0.05, 0.1) is 48.8 Å². The third kappa shape index (κ3) is 5.49. The molecule has 1 amide bonds. The van der Waals surface area contributed by atoms with Crippen molar-refractivity contribution >= 4 is 44.1 Å². The van der Waals surface area contributed by atoms with Gasteiger partial charge in [-0.1, -0.05) is 36.5 Å². The number of Topliss-reactive ketones (excluding diaryl/α,β-unsaturated/α-hetero) is 1. The van der Waals surface area contributed by atoms with Crippen LogP contribution in [-0.4, -0.2) is 48.7 Å². The van der Waals surface area contributed by atoms with E-state index < -0.39 is 17.7 Å². The topological polar surface area (TPSA) is 107 Å². The lowest BCUT2D eigenvalue weighted by Gasteiger charge is -2.24. The van der Waals surface area contributed by atoms with Gasteiger partial charge in [-0.3, -0.25) is 14.5 Å². The van der Waals surface area contributed by atoms with Crippen molar-refractivity contribution in [3.8, 4) is 23.0 Å². The molecule has 0 saturated carbocycles. The third-order valence-corrected chi connectivity index (χ3v) is 7.71. The highest BCUT2D eigenvalue weighted by Gasteiger charge is 2.48. The number of carbonyl (C=O) groups excluding carboxylic acids is 2. The first-order valence-electron chi connectivity index (χ1n) is 13.8. The van der Waals surface area contributed by atoms with Gasteiger partial charge in [-0.2, -0.15) is 0 Å². The van der Waals surface area contributed by atoms with Crippen LogP contribution in [0.2, 0.25) is 0 Å². The summed E-state index contributed by atoms with van der Waals surface area (Å²) in [6, 6.07) is 16.5. The molecule has 1 aliphatic heterocycles. The molecular formula is C32H32N2O7S. The molecule has 42 heavy (non-hydrogen) atoms. The highest BCUT2D eigenvalue weighted by Crippen LogP contribution is 2.46. The fourth-order valence-corrected chi connectivity index (χ4v) is 5.86. The lowest BCUT2D eigenvalue weighted by atomic mass is 9.95. The average molecular weight is 589 g/mol. The first-order chi connectivity index (χ1) is 20.4. The van der Waals surface area contributed by atoms with E-state index in [-0.39, 0.29) is 11.3 Å². The number of nitrogens with zero attached hydrogens (tertiary/aromatic N) is 2. The molecule has 0 aliphatic carbocycles. The van der Waals surface area contributed by atoms with Crippen molar-refractivity contribution in [2.45, 2.75) is 33.2 Å². The first kappa shape index (κ1) is 28.9. The minimum absolute atomic E-state index is 0.0619. The van der Waals surface area contributed by atoms with Crippen LogP contribution < -0.4 is 23.8 Å². The van der Waals surface area contributed by atoms with Crippen LogP contribution in [0.3, 0.4) is 0 Å². The highest BCUT2D eigenvalue weighted by molar-refractivity contribution is 7.22. The molecule has 1 atom stereocenters. The van der Waals surface area contributed by atoms with E-state index in [2.05, 4.69) is 0 Å². The van der Waals surface area contributed by atoms with E-state index in [4.69, 9.17) is 23.9 Å². The molecule has 0 radical (unpaired) electrons. The molecule has 218 valence electrons. The number of aliphatic hydroxyl groups is 1. The Labute approximate surface area is 247 Å². The number of rotatable bonds is 11. The van der Waals surface area contributed by atoms with Crippen molar-refractivity contribution in [1.29, 1.82) is 0 Å². The van der Waals surface area contributed by atoms with Crippen LogP contribution in [0.4, 0.5) is 5.13 Å². The van der Waals surface area contributed by atoms with Crippen molar-refractivity contribution in [3.63, 3.8) is 0 Å². The summed E-state index contributed by atoms with van der Waals surface area (Å²) < 4.78 is 23.4. The van der Waals surface area contributed by atoms with E-state index in [1.165, 1.54) is 23.3 Å². The van der Waals surface area contributed by atoms with E-state index in [1.807, 2.05) is 39.0 Å². The number of ether oxygens (including phenoxy) is 4. The molecule has 3 aromatic carbocycles. The molecule has 1 aromatic heterocycles. The van der Waals surface area contributed by atoms with Crippen molar-refractivity contribution in [2.75, 3.05) is 31.8 Å². The monoisotopic (exact) mass is 588 g/mol. The van der Waals surface area contributed by atoms with Gasteiger partial charge in [-0.25, -0.2) is 4.98 Å². The number of amides is 1. The molecular weight excluding hydrogens is 556 g/mol. The van der Waals surface area contributed by atoms with Gasteiger partial charge < -0.3 is 24.1 Å². The molecule has 2 heterocycles. The van der Waals surface area contributed by atoms with E-state index in [0.29, 0.717) is 64.6 Å². The van der Waals surface area contributed by atoms with E-state index in [0.717, 1.165) is 11.1 Å². The molecule has 1 aliphatic rings. The summed E-state index contributed by atoms with van der Waals surface area (Å²) in [6.45, 7) is 7.21. The predicted molar refractivity (Wildman–Crippen MR) is 162 cm³/mol. The molecule has 1 saturated heterocycles. The maximum absolute atomic E-state index is 13.7. The summed E-state index contributed by atoms with van der Waals surface area (Å²) in [7, 11) is 1.52. The van der Waals surface area contributed by atoms with Gasteiger partial charge in [0.1, 0.15) is 17.3 Å². The Kier molecular flexibility index (Phi) is 8.63. The van der Waals surface area contributed by atoms with Crippen LogP contribution >= 0.6 is 11.3 Å². The molecule has 10 heteroatoms. The maximum atomic E-state index is 13.7. The van der Waals surface area contributed by atoms with Gasteiger partial charge >= 0.3 is 5.91 Å². The van der Waals surface area contributed by atoms with Crippen LogP contribution in [0, 0.1) is 0 Å². The summed E-state index contributed by atoms with van der Waals surface area (Å²) in [6.07, 6.45) is 0.815. The lowest BCUT2D eigenvalue weighted by molar-refractivity contribution is -0.132. The van der Waals surface area contributed by atoms with E-state index in [9.17, 15) is 14.7 Å². The van der Waals surface area contributed by atoms with Crippen molar-refractivity contribution in [1.82, 2.24) is 4.98 Å². The lowest BCUT2D eigenvalue weighted by Crippen LogP contribution is -2.29. The molecule has 5 rings (SSSR count). The zero-order valence-corrected chi connectivity index (χ0v) is 24.7. The number of hydrogen-bond donors (Lipinski definition) is 1. The summed E-state index contributed by atoms with van der Waals surface area (Å²) in [5, 5.41) is 11.9. The highest BCUT2D eigenvalue weighted by atomic mass is 32.1. The molecule has 0 spiro atoms. The summed E-state index contributed by atoms with van der Waals surface area (Å²) >= 11 is 1.26. The van der Waals surface area contributed by atoms with Gasteiger partial charge in [-0.15, -0.1) is 0 Å². The van der Waals surface area contributed by atoms with Crippen LogP contribution in [0.25, 0.3) is 16.0 Å². The first-order valence-corrected chi connectivity index (χ1v) is 14.6. The van der Waals surface area contributed by atoms with Gasteiger partial charge in [0.25, 0.3) is 5.78 Å². The van der Waals surface area contributed by atoms with Gasteiger partial charge in [0, 0.05) is 5.56 Å². The van der Waals surface area contributed by atoms with Gasteiger partial charge in [-0.05, 0) is 68.3 Å². The number of hydrogen-bond acceptors (Lipinski definition) is 9. The number of thiazole rings is 1. The molecule has 1 fully saturated rings. The number of fused-ring (bicyclic) bond motifs is 1. The molecule has 1 unspecified atom stereocenters. The largest absolute Gasteiger partial charge is 0.507 e. The fraction of sp³-hybridized carbons (Fsp3) is 0.281. The fourth-order valence-electron chi connectivity index (χ4n) is 4.84. The second-order valence-electron chi connectivity index (χ2n) is 9.45. The van der Waals surface area contributed by atoms with Crippen molar-refractivity contribution < 1.29 is 33.6 Å². The number of methoxy groups -OCH3 is 1. The van der Waals surface area contributed by atoms with E-state index >= 15 is 0 Å². The number of aromatic nitrogens is 1. The van der Waals surface area contributed by atoms with Crippen LogP contribution in [0.5, 0.6) is 23.0 Å². The van der Waals surface area contributed by atoms with Crippen LogP contribution in [0.1, 0.15) is 44.4 Å². The van der Waals surface area contributed by atoms with E-state index in [1.54, 1.807) is 42.5 Å². The Morgan fingerprint density at radius 2 is 1.71 bits per heavy atom. The number of carbonyl (C=O) groups is 2. The number of aliphatic hydroxyl groups excluding tert-OH is 1. The zero-order chi connectivity index (χ0) is 29.8. The normalized spacial score (nSPS) is 16.2. The minimum atomic E-state index is -0.985. The Hall–Kier alpha value is -4.57. The van der Waals surface area contributed by atoms with Crippen LogP contribution in [-0.2, 0) is 9.59 Å². The SMILES string of the molecule is CCCOc1cccc(C(O)=C2C(=O)C(=O)N(c3nc4ccc(OCC)cc4s3)C2c2ccc(OCC)c(OC)c2)c1. The standard InChI is InChI=1S/C32H32N2O7S/c1-5-15-41-21-10-8-9-20(16-21)29(35)27-28(19-11-14-24(40-7-3)25(17-19)38-4)34(31(37)30(27)36)32-33-23-13-12-22(39-6-2)18-26(23)42-32/h8-14,16-18,28,35H,5-7,15H2,1-4H3. The minimum Gasteiger partial charge on any atom is -0.507 e. The Balaban J connectivity index is 1.69. The van der Waals surface area contributed by atoms with Crippen molar-refractivity contribution in [3.05, 3.63) is 77.4 Å². The smallest absolute Gasteiger partial charge is 0.301 e. The Morgan fingerprint density at radius 3 is 2.45 bits per heavy atom. The molecule has 9 nitrogen and oxygen atoms in total. The number of ketones is 1. The number of benzene rings is 3. The summed E-state index contributed by atoms with van der Waals surface area (Å²) in [5.74, 6) is 0.253. The quantitative estimate of drug-likeness (QED) is 0.120. The van der Waals surface area contributed by atoms with Crippen molar-refractivity contribution in [2.24, 2.45) is 0 Å². The summed E-state index contributed by atoms with van der Waals surface area (Å²) in [4.78, 5) is 33.4. The second kappa shape index (κ2) is 12.5. The molecule has 4 aromatic rings. The van der Waals surface area contributed by atoms with Gasteiger partial charge in [0.15, 0.2) is 16.6 Å². The second-order valence-corrected chi connectivity index (χ2v) is 10.5. The summed E-state index contributed by atoms with van der Waals surface area (Å²) in [5.41, 5.74) is 1.50. The average Bonchev–Trinajstić information content (AvgIpc) is 3.53. The molecule has 0 bridgehead atoms. The maximum Gasteiger partial charge on any atom is 0.301 e. The van der Waals surface area contributed by atoms with Crippen LogP contribution in [0.15, 0.2) is 66.2 Å². The Morgan fingerprint density at radius 1 is 0.929 bits per heavy atom.